The molecule has 1 rings (SSSR count). The summed E-state index contributed by atoms with van der Waals surface area (Å²) in [4.78, 5) is 0. The predicted octanol–water partition coefficient (Wildman–Crippen LogP) is 5.17. The average molecular weight is 385 g/mol. The van der Waals surface area contributed by atoms with Crippen LogP contribution in [-0.2, 0) is 6.16 Å². The van der Waals surface area contributed by atoms with E-state index in [0.29, 0.717) is 0 Å². The van der Waals surface area contributed by atoms with Crippen LogP contribution in [0.1, 0.15) is 90.5 Å². The molecule has 0 fully saturated rings. The minimum absolute atomic E-state index is 0. The Morgan fingerprint density at radius 3 is 1.60 bits per heavy atom. The highest BCUT2D eigenvalue weighted by Crippen LogP contribution is 2.61. The van der Waals surface area contributed by atoms with E-state index < -0.39 is 7.26 Å². The van der Waals surface area contributed by atoms with Crippen LogP contribution in [0.4, 0.5) is 0 Å². The maximum Gasteiger partial charge on any atom is 0.0842 e. The van der Waals surface area contributed by atoms with E-state index in [2.05, 4.69) is 51.1 Å². The summed E-state index contributed by atoms with van der Waals surface area (Å²) in [6, 6.07) is 11.2. The Bertz CT molecular complexity index is 386. The molecule has 0 bridgehead atoms. The van der Waals surface area contributed by atoms with Gasteiger partial charge in [0.15, 0.2) is 0 Å². The predicted molar refractivity (Wildman–Crippen MR) is 115 cm³/mol. The van der Waals surface area contributed by atoms with Gasteiger partial charge in [0.1, 0.15) is 0 Å². The second-order valence-corrected chi connectivity index (χ2v) is 12.2. The van der Waals surface area contributed by atoms with Gasteiger partial charge in [0, 0.05) is 7.26 Å². The van der Waals surface area contributed by atoms with E-state index >= 15 is 0 Å². The molecule has 0 spiro atoms. The zero-order valence-corrected chi connectivity index (χ0v) is 18.8. The number of hydrogen-bond donors (Lipinski definition) is 0. The molecule has 0 atom stereocenters. The number of benzene rings is 1. The number of unbranched alkanes of at least 4 members (excludes halogenated alkanes) is 9. The summed E-state index contributed by atoms with van der Waals surface area (Å²) < 4.78 is 0. The summed E-state index contributed by atoms with van der Waals surface area (Å²) >= 11 is 0. The first-order valence-corrected chi connectivity index (χ1v) is 13.2. The lowest BCUT2D eigenvalue weighted by atomic mass is 10.1. The first-order chi connectivity index (χ1) is 11.8. The quantitative estimate of drug-likeness (QED) is 0.289. The SMILES string of the molecule is CCCCCCCCCCCC[P+](CC)(CC)Cc1ccccc1.[Cl-]. The first-order valence-electron chi connectivity index (χ1n) is 10.7. The van der Waals surface area contributed by atoms with E-state index in [1.807, 2.05) is 0 Å². The molecular weight excluding hydrogens is 343 g/mol. The van der Waals surface area contributed by atoms with Crippen LogP contribution >= 0.6 is 7.26 Å². The second-order valence-electron chi connectivity index (χ2n) is 7.52. The molecule has 0 unspecified atom stereocenters. The Kier molecular flexibility index (Phi) is 16.1. The van der Waals surface area contributed by atoms with E-state index in [1.54, 1.807) is 5.56 Å². The number of hydrogen-bond acceptors (Lipinski definition) is 0. The fourth-order valence-corrected chi connectivity index (χ4v) is 7.31. The smallest absolute Gasteiger partial charge is 0.0842 e. The van der Waals surface area contributed by atoms with Gasteiger partial charge in [0.25, 0.3) is 0 Å². The van der Waals surface area contributed by atoms with Gasteiger partial charge in [-0.05, 0) is 32.3 Å². The fraction of sp³-hybridized carbons (Fsp3) is 0.739. The lowest BCUT2D eigenvalue weighted by molar-refractivity contribution is -0.00000537. The van der Waals surface area contributed by atoms with Crippen molar-refractivity contribution in [3.05, 3.63) is 35.9 Å². The standard InChI is InChI=1S/C23H42P.ClH/c1-4-7-8-9-10-11-12-13-14-18-21-24(5-2,6-3)22-23-19-16-15-17-20-23;/h15-17,19-20H,4-14,18,21-22H2,1-3H3;1H/q+1;/p-1. The van der Waals surface area contributed by atoms with Crippen LogP contribution in [0.15, 0.2) is 30.3 Å². The molecule has 1 aromatic carbocycles. The third-order valence-electron chi connectivity index (χ3n) is 5.69. The maximum absolute atomic E-state index is 2.44. The van der Waals surface area contributed by atoms with Crippen LogP contribution in [-0.4, -0.2) is 18.5 Å². The van der Waals surface area contributed by atoms with Gasteiger partial charge in [0.05, 0.1) is 24.6 Å². The largest absolute Gasteiger partial charge is 1.00 e. The Balaban J connectivity index is 0.00000576. The van der Waals surface area contributed by atoms with Crippen LogP contribution in [0.3, 0.4) is 0 Å². The number of halogens is 1. The van der Waals surface area contributed by atoms with Crippen LogP contribution in [0.2, 0.25) is 0 Å². The summed E-state index contributed by atoms with van der Waals surface area (Å²) in [6.07, 6.45) is 20.3. The molecule has 0 radical (unpaired) electrons. The minimum Gasteiger partial charge on any atom is -1.00 e. The zero-order chi connectivity index (χ0) is 17.5. The van der Waals surface area contributed by atoms with Crippen molar-refractivity contribution in [2.75, 3.05) is 18.5 Å². The van der Waals surface area contributed by atoms with Crippen LogP contribution in [0.25, 0.3) is 0 Å². The maximum atomic E-state index is 2.44. The molecule has 0 saturated carbocycles. The van der Waals surface area contributed by atoms with Crippen LogP contribution < -0.4 is 12.4 Å². The summed E-state index contributed by atoms with van der Waals surface area (Å²) in [5.41, 5.74) is 1.57. The van der Waals surface area contributed by atoms with E-state index in [4.69, 9.17) is 0 Å². The van der Waals surface area contributed by atoms with Gasteiger partial charge in [-0.1, -0.05) is 88.6 Å². The Hall–Kier alpha value is -0.0600. The molecule has 0 aliphatic carbocycles. The topological polar surface area (TPSA) is 0 Å². The summed E-state index contributed by atoms with van der Waals surface area (Å²) in [7, 11) is -0.754. The first kappa shape index (κ1) is 24.9. The summed E-state index contributed by atoms with van der Waals surface area (Å²) in [5, 5.41) is 0. The normalized spacial score (nSPS) is 11.3. The van der Waals surface area contributed by atoms with Crippen molar-refractivity contribution in [3.8, 4) is 0 Å². The van der Waals surface area contributed by atoms with Crippen molar-refractivity contribution in [3.63, 3.8) is 0 Å². The Morgan fingerprint density at radius 1 is 0.640 bits per heavy atom. The molecule has 25 heavy (non-hydrogen) atoms. The molecule has 0 aliphatic rings. The monoisotopic (exact) mass is 384 g/mol. The van der Waals surface area contributed by atoms with Gasteiger partial charge < -0.3 is 12.4 Å². The highest BCUT2D eigenvalue weighted by atomic mass is 35.5. The van der Waals surface area contributed by atoms with Gasteiger partial charge in [0.2, 0.25) is 0 Å². The van der Waals surface area contributed by atoms with Gasteiger partial charge in [-0.25, -0.2) is 0 Å². The molecular formula is C23H42ClP. The number of rotatable bonds is 15. The summed E-state index contributed by atoms with van der Waals surface area (Å²) in [6.45, 7) is 7.18. The molecule has 0 nitrogen and oxygen atoms in total. The van der Waals surface area contributed by atoms with Gasteiger partial charge in [-0.3, -0.25) is 0 Å². The van der Waals surface area contributed by atoms with Crippen molar-refractivity contribution in [2.24, 2.45) is 0 Å². The van der Waals surface area contributed by atoms with E-state index in [1.165, 1.54) is 88.9 Å². The van der Waals surface area contributed by atoms with Crippen molar-refractivity contribution in [1.29, 1.82) is 0 Å². The second kappa shape index (κ2) is 16.1. The zero-order valence-electron chi connectivity index (χ0n) is 17.1. The molecule has 0 aromatic heterocycles. The van der Waals surface area contributed by atoms with Gasteiger partial charge in [-0.2, -0.15) is 0 Å². The van der Waals surface area contributed by atoms with Crippen molar-refractivity contribution < 1.29 is 12.4 Å². The molecule has 0 amide bonds. The third-order valence-corrected chi connectivity index (χ3v) is 10.7. The van der Waals surface area contributed by atoms with Crippen LogP contribution in [0, 0.1) is 0 Å². The van der Waals surface area contributed by atoms with Crippen molar-refractivity contribution in [2.45, 2.75) is 91.1 Å². The lowest BCUT2D eigenvalue weighted by Gasteiger charge is -2.25. The highest BCUT2D eigenvalue weighted by molar-refractivity contribution is 7.75. The lowest BCUT2D eigenvalue weighted by Crippen LogP contribution is -3.00. The Labute approximate surface area is 165 Å². The Morgan fingerprint density at radius 2 is 1.12 bits per heavy atom. The molecule has 146 valence electrons. The summed E-state index contributed by atoms with van der Waals surface area (Å²) in [5.74, 6) is 0. The van der Waals surface area contributed by atoms with E-state index in [-0.39, 0.29) is 12.4 Å². The van der Waals surface area contributed by atoms with Crippen LogP contribution in [0.5, 0.6) is 0 Å². The van der Waals surface area contributed by atoms with Gasteiger partial charge >= 0.3 is 0 Å². The van der Waals surface area contributed by atoms with Gasteiger partial charge in [-0.15, -0.1) is 0 Å². The van der Waals surface area contributed by atoms with E-state index in [0.717, 1.165) is 0 Å². The average Bonchev–Trinajstić information content (AvgIpc) is 2.63. The minimum atomic E-state index is -0.754. The van der Waals surface area contributed by atoms with Crippen molar-refractivity contribution in [1.82, 2.24) is 0 Å². The molecule has 0 saturated heterocycles. The molecule has 0 N–H and O–H groups in total. The van der Waals surface area contributed by atoms with E-state index in [9.17, 15) is 0 Å². The molecule has 1 aromatic rings. The highest BCUT2D eigenvalue weighted by Gasteiger charge is 2.32. The molecule has 0 aliphatic heterocycles. The molecule has 0 heterocycles. The fourth-order valence-electron chi connectivity index (χ4n) is 3.75. The third kappa shape index (κ3) is 11.3. The van der Waals surface area contributed by atoms with Crippen molar-refractivity contribution >= 4 is 7.26 Å². The molecule has 2 heteroatoms.